The van der Waals surface area contributed by atoms with E-state index in [1.165, 1.54) is 38.6 Å². The second-order valence-corrected chi connectivity index (χ2v) is 5.45. The Bertz CT molecular complexity index is 683. The van der Waals surface area contributed by atoms with Crippen molar-refractivity contribution in [3.05, 3.63) is 35.9 Å². The van der Waals surface area contributed by atoms with Gasteiger partial charge in [-0.25, -0.2) is 12.8 Å². The van der Waals surface area contributed by atoms with Crippen LogP contribution in [0.5, 0.6) is 5.75 Å². The summed E-state index contributed by atoms with van der Waals surface area (Å²) in [6.45, 7) is 1.38. The second-order valence-electron chi connectivity index (χ2n) is 3.80. The number of benzene rings is 1. The van der Waals surface area contributed by atoms with E-state index in [4.69, 9.17) is 4.74 Å². The molecule has 0 aliphatic heterocycles. The molecule has 2 N–H and O–H groups in total. The fourth-order valence-electron chi connectivity index (χ4n) is 1.61. The Morgan fingerprint density at radius 3 is 2.74 bits per heavy atom. The summed E-state index contributed by atoms with van der Waals surface area (Å²) in [5, 5.41) is 6.10. The smallest absolute Gasteiger partial charge is 0.262 e. The molecule has 0 saturated carbocycles. The Morgan fingerprint density at radius 1 is 1.42 bits per heavy atom. The largest absolute Gasteiger partial charge is 0.494 e. The zero-order chi connectivity index (χ0) is 14.0. The van der Waals surface area contributed by atoms with E-state index in [0.29, 0.717) is 0 Å². The summed E-state index contributed by atoms with van der Waals surface area (Å²) in [6, 6.07) is 2.56. The number of H-pyrrole nitrogens is 1. The van der Waals surface area contributed by atoms with Crippen molar-refractivity contribution in [2.45, 2.75) is 11.8 Å². The minimum Gasteiger partial charge on any atom is -0.494 e. The molecule has 1 aromatic heterocycles. The molecule has 6 nitrogen and oxygen atoms in total. The molecule has 2 rings (SSSR count). The summed E-state index contributed by atoms with van der Waals surface area (Å²) in [7, 11) is -2.55. The first kappa shape index (κ1) is 13.3. The van der Waals surface area contributed by atoms with Crippen LogP contribution in [0, 0.1) is 12.7 Å². The Morgan fingerprint density at radius 2 is 2.16 bits per heavy atom. The number of methoxy groups -OCH3 is 1. The monoisotopic (exact) mass is 285 g/mol. The van der Waals surface area contributed by atoms with E-state index >= 15 is 0 Å². The standard InChI is InChI=1S/C11H12FN3O3S/c1-7-10(4-3-9(18-2)11(7)12)19(16,17)15-8-5-13-14-6-8/h3-6,15H,1-2H3,(H,13,14). The van der Waals surface area contributed by atoms with Gasteiger partial charge in [-0.15, -0.1) is 0 Å². The number of hydrogen-bond acceptors (Lipinski definition) is 4. The maximum absolute atomic E-state index is 13.8. The van der Waals surface area contributed by atoms with Crippen LogP contribution in [-0.2, 0) is 10.0 Å². The average Bonchev–Trinajstić information content (AvgIpc) is 2.84. The Hall–Kier alpha value is -2.09. The summed E-state index contributed by atoms with van der Waals surface area (Å²) in [4.78, 5) is -0.146. The first-order valence-corrected chi connectivity index (χ1v) is 6.78. The third-order valence-corrected chi connectivity index (χ3v) is 4.09. The predicted octanol–water partition coefficient (Wildman–Crippen LogP) is 1.67. The summed E-state index contributed by atoms with van der Waals surface area (Å²) in [6.07, 6.45) is 2.69. The number of ether oxygens (including phenoxy) is 1. The van der Waals surface area contributed by atoms with E-state index in [0.717, 1.165) is 0 Å². The third-order valence-electron chi connectivity index (χ3n) is 2.56. The quantitative estimate of drug-likeness (QED) is 0.895. The number of nitrogens with zero attached hydrogens (tertiary/aromatic N) is 1. The molecule has 0 saturated heterocycles. The molecule has 19 heavy (non-hydrogen) atoms. The average molecular weight is 285 g/mol. The molecule has 0 aliphatic carbocycles. The van der Waals surface area contributed by atoms with E-state index in [9.17, 15) is 12.8 Å². The zero-order valence-corrected chi connectivity index (χ0v) is 11.1. The summed E-state index contributed by atoms with van der Waals surface area (Å²) in [5.74, 6) is -0.697. The number of aromatic amines is 1. The first-order chi connectivity index (χ1) is 8.95. The topological polar surface area (TPSA) is 84.1 Å². The van der Waals surface area contributed by atoms with Crippen LogP contribution in [0.4, 0.5) is 10.1 Å². The molecule has 0 amide bonds. The highest BCUT2D eigenvalue weighted by molar-refractivity contribution is 7.92. The molecule has 1 heterocycles. The lowest BCUT2D eigenvalue weighted by Gasteiger charge is -2.11. The van der Waals surface area contributed by atoms with Crippen molar-refractivity contribution in [1.82, 2.24) is 10.2 Å². The van der Waals surface area contributed by atoms with Gasteiger partial charge in [0.25, 0.3) is 10.0 Å². The molecule has 0 aliphatic rings. The van der Waals surface area contributed by atoms with Gasteiger partial charge in [-0.05, 0) is 19.1 Å². The lowest BCUT2D eigenvalue weighted by molar-refractivity contribution is 0.384. The van der Waals surface area contributed by atoms with Gasteiger partial charge in [-0.1, -0.05) is 0 Å². The molecular formula is C11H12FN3O3S. The molecule has 0 unspecified atom stereocenters. The van der Waals surface area contributed by atoms with Gasteiger partial charge in [0.1, 0.15) is 0 Å². The summed E-state index contributed by atoms with van der Waals surface area (Å²) >= 11 is 0. The van der Waals surface area contributed by atoms with Gasteiger partial charge in [0, 0.05) is 11.8 Å². The van der Waals surface area contributed by atoms with E-state index in [1.807, 2.05) is 0 Å². The minimum atomic E-state index is -3.87. The normalized spacial score (nSPS) is 11.3. The number of sulfonamides is 1. The highest BCUT2D eigenvalue weighted by Gasteiger charge is 2.21. The third kappa shape index (κ3) is 2.53. The van der Waals surface area contributed by atoms with Crippen molar-refractivity contribution in [3.8, 4) is 5.75 Å². The molecule has 102 valence electrons. The van der Waals surface area contributed by atoms with Crippen LogP contribution in [0.1, 0.15) is 5.56 Å². The fourth-order valence-corrected chi connectivity index (χ4v) is 2.88. The van der Waals surface area contributed by atoms with Crippen molar-refractivity contribution in [1.29, 1.82) is 0 Å². The maximum Gasteiger partial charge on any atom is 0.262 e. The van der Waals surface area contributed by atoms with Crippen LogP contribution in [0.25, 0.3) is 0 Å². The van der Waals surface area contributed by atoms with Gasteiger partial charge in [-0.3, -0.25) is 9.82 Å². The summed E-state index contributed by atoms with van der Waals surface area (Å²) in [5.41, 5.74) is 0.269. The minimum absolute atomic E-state index is 0.000221. The number of rotatable bonds is 4. The van der Waals surface area contributed by atoms with Crippen LogP contribution in [0.15, 0.2) is 29.4 Å². The number of aromatic nitrogens is 2. The molecule has 0 spiro atoms. The van der Waals surface area contributed by atoms with Gasteiger partial charge in [-0.2, -0.15) is 5.10 Å². The zero-order valence-electron chi connectivity index (χ0n) is 10.3. The lowest BCUT2D eigenvalue weighted by Crippen LogP contribution is -2.14. The maximum atomic E-state index is 13.8. The van der Waals surface area contributed by atoms with Crippen LogP contribution < -0.4 is 9.46 Å². The van der Waals surface area contributed by atoms with E-state index in [2.05, 4.69) is 14.9 Å². The van der Waals surface area contributed by atoms with Crippen molar-refractivity contribution >= 4 is 15.7 Å². The molecule has 0 fully saturated rings. The number of nitrogens with one attached hydrogen (secondary N) is 2. The van der Waals surface area contributed by atoms with Crippen molar-refractivity contribution in [2.24, 2.45) is 0 Å². The first-order valence-electron chi connectivity index (χ1n) is 5.30. The number of anilines is 1. The van der Waals surface area contributed by atoms with E-state index in [1.54, 1.807) is 0 Å². The lowest BCUT2D eigenvalue weighted by atomic mass is 10.2. The molecule has 1 aromatic carbocycles. The van der Waals surface area contributed by atoms with Crippen LogP contribution in [-0.4, -0.2) is 25.7 Å². The van der Waals surface area contributed by atoms with E-state index in [-0.39, 0.29) is 21.9 Å². The predicted molar refractivity (Wildman–Crippen MR) is 67.1 cm³/mol. The Kier molecular flexibility index (Phi) is 3.43. The van der Waals surface area contributed by atoms with Crippen LogP contribution >= 0.6 is 0 Å². The number of halogens is 1. The van der Waals surface area contributed by atoms with Crippen molar-refractivity contribution < 1.29 is 17.5 Å². The molecular weight excluding hydrogens is 273 g/mol. The molecule has 8 heteroatoms. The van der Waals surface area contributed by atoms with Crippen LogP contribution in [0.2, 0.25) is 0 Å². The Balaban J connectivity index is 2.44. The van der Waals surface area contributed by atoms with Crippen LogP contribution in [0.3, 0.4) is 0 Å². The van der Waals surface area contributed by atoms with Gasteiger partial charge in [0.05, 0.1) is 23.9 Å². The molecule has 0 atom stereocenters. The SMILES string of the molecule is COc1ccc(S(=O)(=O)Nc2cn[nH]c2)c(C)c1F. The van der Waals surface area contributed by atoms with Gasteiger partial charge < -0.3 is 4.74 Å². The van der Waals surface area contributed by atoms with E-state index < -0.39 is 15.8 Å². The van der Waals surface area contributed by atoms with Crippen molar-refractivity contribution in [2.75, 3.05) is 11.8 Å². The summed E-state index contributed by atoms with van der Waals surface area (Å²) < 4.78 is 45.1. The molecule has 0 radical (unpaired) electrons. The number of hydrogen-bond donors (Lipinski definition) is 2. The van der Waals surface area contributed by atoms with Gasteiger partial charge in [0.2, 0.25) is 0 Å². The molecule has 2 aromatic rings. The highest BCUT2D eigenvalue weighted by atomic mass is 32.2. The Labute approximate surface area is 109 Å². The fraction of sp³-hybridized carbons (Fsp3) is 0.182. The second kappa shape index (κ2) is 4.88. The molecule has 0 bridgehead atoms. The van der Waals surface area contributed by atoms with Gasteiger partial charge >= 0.3 is 0 Å². The van der Waals surface area contributed by atoms with Crippen molar-refractivity contribution in [3.63, 3.8) is 0 Å². The van der Waals surface area contributed by atoms with Gasteiger partial charge in [0.15, 0.2) is 11.6 Å². The highest BCUT2D eigenvalue weighted by Crippen LogP contribution is 2.27.